The average molecular weight is 452 g/mol. The largest absolute Gasteiger partial charge is 0.479 e. The number of alkyl carbamates (subject to hydrolysis) is 1. The summed E-state index contributed by atoms with van der Waals surface area (Å²) in [6.45, 7) is 5.57. The molecule has 2 saturated heterocycles. The Balaban J connectivity index is 1.62. The van der Waals surface area contributed by atoms with E-state index < -0.39 is 35.6 Å². The van der Waals surface area contributed by atoms with Crippen LogP contribution in [0.15, 0.2) is 60.7 Å². The van der Waals surface area contributed by atoms with E-state index >= 15 is 0 Å². The predicted molar refractivity (Wildman–Crippen MR) is 121 cm³/mol. The first-order valence-electron chi connectivity index (χ1n) is 11.1. The highest BCUT2D eigenvalue weighted by Crippen LogP contribution is 2.49. The molecule has 8 heteroatoms. The molecule has 0 aromatic heterocycles. The fourth-order valence-corrected chi connectivity index (χ4v) is 4.93. The number of carboxylic acids is 1. The minimum Gasteiger partial charge on any atom is -0.479 e. The fraction of sp³-hybridized carbons (Fsp3) is 0.400. The van der Waals surface area contributed by atoms with E-state index in [1.807, 2.05) is 79.5 Å². The zero-order valence-electron chi connectivity index (χ0n) is 19.0. The van der Waals surface area contributed by atoms with Gasteiger partial charge in [0.25, 0.3) is 5.91 Å². The number of carboxylic acid groups (broad SMARTS) is 1. The molecular weight excluding hydrogens is 422 g/mol. The van der Waals surface area contributed by atoms with Crippen molar-refractivity contribution in [3.8, 4) is 0 Å². The van der Waals surface area contributed by atoms with Crippen molar-refractivity contribution >= 4 is 18.0 Å². The van der Waals surface area contributed by atoms with E-state index in [1.165, 1.54) is 5.01 Å². The van der Waals surface area contributed by atoms with Crippen LogP contribution in [0.25, 0.3) is 0 Å². The van der Waals surface area contributed by atoms with E-state index in [2.05, 4.69) is 5.32 Å². The lowest BCUT2D eigenvalue weighted by atomic mass is 9.88. The first kappa shape index (κ1) is 22.8. The lowest BCUT2D eigenvalue weighted by molar-refractivity contribution is -0.164. The molecule has 2 fully saturated rings. The number of carbonyl (C=O) groups is 3. The van der Waals surface area contributed by atoms with Crippen LogP contribution in [0.2, 0.25) is 0 Å². The fourth-order valence-electron chi connectivity index (χ4n) is 4.93. The topological polar surface area (TPSA) is 99.2 Å². The number of rotatable bonds is 6. The molecule has 174 valence electrons. The van der Waals surface area contributed by atoms with Crippen LogP contribution in [0.3, 0.4) is 0 Å². The summed E-state index contributed by atoms with van der Waals surface area (Å²) in [4.78, 5) is 38.5. The van der Waals surface area contributed by atoms with Gasteiger partial charge in [0, 0.05) is 6.42 Å². The molecule has 2 aromatic carbocycles. The number of aliphatic carboxylic acids is 1. The molecule has 33 heavy (non-hydrogen) atoms. The molecule has 2 aliphatic heterocycles. The number of nitrogens with zero attached hydrogens (tertiary/aromatic N) is 2. The molecule has 2 N–H and O–H groups in total. The van der Waals surface area contributed by atoms with Gasteiger partial charge >= 0.3 is 12.1 Å². The van der Waals surface area contributed by atoms with Gasteiger partial charge in [-0.3, -0.25) is 9.80 Å². The zero-order chi connectivity index (χ0) is 23.8. The van der Waals surface area contributed by atoms with E-state index in [0.29, 0.717) is 0 Å². The highest BCUT2D eigenvalue weighted by molar-refractivity contribution is 5.93. The van der Waals surface area contributed by atoms with Crippen molar-refractivity contribution < 1.29 is 24.2 Å². The first-order chi connectivity index (χ1) is 15.7. The molecule has 0 aliphatic carbocycles. The van der Waals surface area contributed by atoms with Gasteiger partial charge in [0.15, 0.2) is 5.54 Å². The number of amides is 2. The average Bonchev–Trinajstić information content (AvgIpc) is 3.27. The zero-order valence-corrected chi connectivity index (χ0v) is 19.0. The Morgan fingerprint density at radius 1 is 1.12 bits per heavy atom. The SMILES string of the molecule is CC(C)[C@@H]1[C@@H](NC(=O)OCc2ccccc2)C(=O)N2N1[C@@H](c1ccccc1)C[C@]2(C)C(=O)O. The molecule has 8 nitrogen and oxygen atoms in total. The third kappa shape index (κ3) is 4.06. The molecule has 0 unspecified atom stereocenters. The number of benzene rings is 2. The van der Waals surface area contributed by atoms with Crippen molar-refractivity contribution in [3.05, 3.63) is 71.8 Å². The maximum absolute atomic E-state index is 13.6. The van der Waals surface area contributed by atoms with Crippen molar-refractivity contribution in [2.24, 2.45) is 5.92 Å². The standard InChI is InChI=1S/C25H29N3O5/c1-16(2)21-20(26-24(32)33-15-17-10-6-4-7-11-17)22(29)28-25(3,23(30)31)14-19(27(21)28)18-12-8-5-9-13-18/h4-13,16,19-21H,14-15H2,1-3H3,(H,26,32)(H,30,31)/t19-,20-,21-,25-/m1/s1. The molecule has 2 heterocycles. The van der Waals surface area contributed by atoms with Crippen LogP contribution >= 0.6 is 0 Å². The van der Waals surface area contributed by atoms with Gasteiger partial charge in [-0.05, 0) is 24.0 Å². The van der Waals surface area contributed by atoms with Crippen molar-refractivity contribution in [2.75, 3.05) is 0 Å². The van der Waals surface area contributed by atoms with Gasteiger partial charge in [-0.25, -0.2) is 14.6 Å². The second-order valence-electron chi connectivity index (χ2n) is 9.16. The molecule has 4 rings (SSSR count). The Morgan fingerprint density at radius 3 is 2.30 bits per heavy atom. The van der Waals surface area contributed by atoms with Crippen molar-refractivity contribution in [1.29, 1.82) is 0 Å². The summed E-state index contributed by atoms with van der Waals surface area (Å²) < 4.78 is 5.34. The minimum absolute atomic E-state index is 0.0410. The van der Waals surface area contributed by atoms with Gasteiger partial charge in [0.1, 0.15) is 12.6 Å². The van der Waals surface area contributed by atoms with Gasteiger partial charge in [0.2, 0.25) is 0 Å². The summed E-state index contributed by atoms with van der Waals surface area (Å²) in [5.41, 5.74) is 0.339. The summed E-state index contributed by atoms with van der Waals surface area (Å²) in [5, 5.41) is 16.0. The number of hydrogen-bond donors (Lipinski definition) is 2. The second kappa shape index (κ2) is 8.86. The van der Waals surface area contributed by atoms with Gasteiger partial charge < -0.3 is 15.2 Å². The molecule has 2 aliphatic rings. The van der Waals surface area contributed by atoms with Crippen LogP contribution in [-0.4, -0.2) is 50.7 Å². The molecular formula is C25H29N3O5. The summed E-state index contributed by atoms with van der Waals surface area (Å²) in [7, 11) is 0. The second-order valence-corrected chi connectivity index (χ2v) is 9.16. The molecule has 0 spiro atoms. The number of hydrazine groups is 1. The third-order valence-electron chi connectivity index (χ3n) is 6.54. The Kier molecular flexibility index (Phi) is 6.12. The smallest absolute Gasteiger partial charge is 0.408 e. The first-order valence-corrected chi connectivity index (χ1v) is 11.1. The molecule has 0 radical (unpaired) electrons. The Bertz CT molecular complexity index is 1030. The number of hydrogen-bond acceptors (Lipinski definition) is 5. The van der Waals surface area contributed by atoms with Crippen molar-refractivity contribution in [3.63, 3.8) is 0 Å². The lowest BCUT2D eigenvalue weighted by Gasteiger charge is -2.35. The van der Waals surface area contributed by atoms with Crippen LogP contribution in [-0.2, 0) is 20.9 Å². The van der Waals surface area contributed by atoms with Crippen LogP contribution in [0.1, 0.15) is 44.4 Å². The lowest BCUT2D eigenvalue weighted by Crippen LogP contribution is -2.54. The molecule has 0 bridgehead atoms. The monoisotopic (exact) mass is 451 g/mol. The number of nitrogens with one attached hydrogen (secondary N) is 1. The van der Waals surface area contributed by atoms with E-state index in [1.54, 1.807) is 6.92 Å². The maximum Gasteiger partial charge on any atom is 0.408 e. The summed E-state index contributed by atoms with van der Waals surface area (Å²) in [6.07, 6.45) is -0.453. The summed E-state index contributed by atoms with van der Waals surface area (Å²) in [5.74, 6) is -1.55. The highest BCUT2D eigenvalue weighted by atomic mass is 16.5. The van der Waals surface area contributed by atoms with E-state index in [0.717, 1.165) is 11.1 Å². The number of fused-ring (bicyclic) bond motifs is 1. The summed E-state index contributed by atoms with van der Waals surface area (Å²) in [6, 6.07) is 17.2. The normalized spacial score (nSPS) is 27.0. The minimum atomic E-state index is -1.42. The Morgan fingerprint density at radius 2 is 1.73 bits per heavy atom. The van der Waals surface area contributed by atoms with Gasteiger partial charge in [-0.15, -0.1) is 0 Å². The van der Waals surface area contributed by atoms with E-state index in [-0.39, 0.29) is 25.0 Å². The van der Waals surface area contributed by atoms with E-state index in [9.17, 15) is 19.5 Å². The third-order valence-corrected chi connectivity index (χ3v) is 6.54. The highest BCUT2D eigenvalue weighted by Gasteiger charge is 2.64. The van der Waals surface area contributed by atoms with Crippen molar-refractivity contribution in [2.45, 2.75) is 57.5 Å². The summed E-state index contributed by atoms with van der Waals surface area (Å²) >= 11 is 0. The van der Waals surface area contributed by atoms with Crippen LogP contribution < -0.4 is 5.32 Å². The molecule has 2 amide bonds. The molecule has 2 aromatic rings. The van der Waals surface area contributed by atoms with E-state index in [4.69, 9.17) is 4.74 Å². The molecule has 0 saturated carbocycles. The predicted octanol–water partition coefficient (Wildman–Crippen LogP) is 3.35. The maximum atomic E-state index is 13.6. The number of carbonyl (C=O) groups excluding carboxylic acids is 2. The van der Waals surface area contributed by atoms with Gasteiger partial charge in [-0.1, -0.05) is 74.5 Å². The van der Waals surface area contributed by atoms with Crippen LogP contribution in [0.5, 0.6) is 0 Å². The Hall–Kier alpha value is -3.39. The Labute approximate surface area is 193 Å². The quantitative estimate of drug-likeness (QED) is 0.699. The van der Waals surface area contributed by atoms with Crippen LogP contribution in [0.4, 0.5) is 4.79 Å². The van der Waals surface area contributed by atoms with Crippen LogP contribution in [0, 0.1) is 5.92 Å². The van der Waals surface area contributed by atoms with Gasteiger partial charge in [0.05, 0.1) is 12.1 Å². The van der Waals surface area contributed by atoms with Crippen molar-refractivity contribution in [1.82, 2.24) is 15.3 Å². The van der Waals surface area contributed by atoms with Gasteiger partial charge in [-0.2, -0.15) is 0 Å². The number of ether oxygens (including phenoxy) is 1. The molecule has 4 atom stereocenters.